The number of nitrogens with one attached hydrogen (secondary N) is 1. The van der Waals surface area contributed by atoms with Crippen LogP contribution in [0.1, 0.15) is 32.1 Å². The molecule has 1 aliphatic carbocycles. The molecule has 0 radical (unpaired) electrons. The lowest BCUT2D eigenvalue weighted by Gasteiger charge is -2.33. The van der Waals surface area contributed by atoms with Gasteiger partial charge in [-0.1, -0.05) is 19.3 Å². The first-order chi connectivity index (χ1) is 11.1. The maximum absolute atomic E-state index is 6.04. The molecule has 1 atom stereocenters. The van der Waals surface area contributed by atoms with Gasteiger partial charge in [0.1, 0.15) is 5.75 Å². The molecule has 1 unspecified atom stereocenters. The van der Waals surface area contributed by atoms with Crippen molar-refractivity contribution in [2.45, 2.75) is 38.1 Å². The van der Waals surface area contributed by atoms with E-state index in [1.807, 2.05) is 24.3 Å². The number of rotatable bonds is 6. The standard InChI is InChI=1S/C18H30N4O/c1-22(2)17(14-7-5-4-6-8-14)13-20-18(19)21-15-9-11-16(23-3)12-10-15/h9-12,14,17H,4-8,13H2,1-3H3,(H3,19,20,21). The lowest BCUT2D eigenvalue weighted by molar-refractivity contribution is 0.176. The minimum absolute atomic E-state index is 0.464. The fraction of sp³-hybridized carbons (Fsp3) is 0.611. The van der Waals surface area contributed by atoms with Crippen LogP contribution in [0, 0.1) is 5.92 Å². The summed E-state index contributed by atoms with van der Waals surface area (Å²) in [4.78, 5) is 6.86. The molecule has 128 valence electrons. The van der Waals surface area contributed by atoms with E-state index in [4.69, 9.17) is 10.5 Å². The third-order valence-corrected chi connectivity index (χ3v) is 4.67. The summed E-state index contributed by atoms with van der Waals surface area (Å²) in [5, 5.41) is 3.14. The molecule has 5 heteroatoms. The van der Waals surface area contributed by atoms with Crippen molar-refractivity contribution in [3.05, 3.63) is 24.3 Å². The normalized spacial score (nSPS) is 18.0. The molecule has 2 rings (SSSR count). The van der Waals surface area contributed by atoms with E-state index in [9.17, 15) is 0 Å². The van der Waals surface area contributed by atoms with Gasteiger partial charge >= 0.3 is 0 Å². The van der Waals surface area contributed by atoms with Gasteiger partial charge in [0.25, 0.3) is 0 Å². The van der Waals surface area contributed by atoms with E-state index in [2.05, 4.69) is 29.3 Å². The second kappa shape index (κ2) is 8.77. The number of nitrogens with two attached hydrogens (primary N) is 1. The van der Waals surface area contributed by atoms with Gasteiger partial charge in [-0.15, -0.1) is 0 Å². The van der Waals surface area contributed by atoms with Crippen LogP contribution in [0.5, 0.6) is 5.75 Å². The van der Waals surface area contributed by atoms with Gasteiger partial charge in [0.2, 0.25) is 0 Å². The number of benzene rings is 1. The van der Waals surface area contributed by atoms with Crippen LogP contribution in [0.3, 0.4) is 0 Å². The number of anilines is 1. The zero-order chi connectivity index (χ0) is 16.7. The fourth-order valence-electron chi connectivity index (χ4n) is 3.31. The van der Waals surface area contributed by atoms with Crippen LogP contribution < -0.4 is 15.8 Å². The monoisotopic (exact) mass is 318 g/mol. The molecule has 0 amide bonds. The van der Waals surface area contributed by atoms with Crippen molar-refractivity contribution in [2.75, 3.05) is 33.1 Å². The van der Waals surface area contributed by atoms with Crippen molar-refractivity contribution in [2.24, 2.45) is 16.6 Å². The van der Waals surface area contributed by atoms with Crippen LogP contribution in [0.4, 0.5) is 5.69 Å². The highest BCUT2D eigenvalue weighted by Crippen LogP contribution is 2.28. The maximum atomic E-state index is 6.04. The van der Waals surface area contributed by atoms with E-state index in [1.165, 1.54) is 32.1 Å². The molecule has 1 aromatic rings. The average molecular weight is 318 g/mol. The smallest absolute Gasteiger partial charge is 0.193 e. The molecule has 1 fully saturated rings. The molecule has 1 aromatic carbocycles. The number of likely N-dealkylation sites (N-methyl/N-ethyl adjacent to an activating group) is 1. The summed E-state index contributed by atoms with van der Waals surface area (Å²) in [6.07, 6.45) is 6.69. The molecular weight excluding hydrogens is 288 g/mol. The van der Waals surface area contributed by atoms with Crippen molar-refractivity contribution in [1.82, 2.24) is 4.90 Å². The Labute approximate surface area is 139 Å². The van der Waals surface area contributed by atoms with Crippen LogP contribution in [0.25, 0.3) is 0 Å². The zero-order valence-electron chi connectivity index (χ0n) is 14.6. The Morgan fingerprint density at radius 3 is 2.48 bits per heavy atom. The van der Waals surface area contributed by atoms with E-state index >= 15 is 0 Å². The number of guanidine groups is 1. The van der Waals surface area contributed by atoms with Gasteiger partial charge in [-0.3, -0.25) is 4.99 Å². The van der Waals surface area contributed by atoms with Gasteiger partial charge in [0.05, 0.1) is 13.7 Å². The summed E-state index contributed by atoms with van der Waals surface area (Å²) >= 11 is 0. The van der Waals surface area contributed by atoms with Crippen molar-refractivity contribution >= 4 is 11.6 Å². The third-order valence-electron chi connectivity index (χ3n) is 4.67. The van der Waals surface area contributed by atoms with Crippen molar-refractivity contribution < 1.29 is 4.74 Å². The molecule has 0 spiro atoms. The topological polar surface area (TPSA) is 62.9 Å². The van der Waals surface area contributed by atoms with E-state index < -0.39 is 0 Å². The van der Waals surface area contributed by atoms with Gasteiger partial charge in [-0.2, -0.15) is 0 Å². The molecule has 0 aliphatic heterocycles. The number of ether oxygens (including phenoxy) is 1. The SMILES string of the molecule is COc1ccc(NC(N)=NCC(C2CCCCC2)N(C)C)cc1. The van der Waals surface area contributed by atoms with E-state index in [0.29, 0.717) is 12.0 Å². The summed E-state index contributed by atoms with van der Waals surface area (Å²) in [6, 6.07) is 8.14. The van der Waals surface area contributed by atoms with Gasteiger partial charge < -0.3 is 20.7 Å². The molecule has 23 heavy (non-hydrogen) atoms. The Morgan fingerprint density at radius 2 is 1.91 bits per heavy atom. The number of methoxy groups -OCH3 is 1. The average Bonchev–Trinajstić information content (AvgIpc) is 2.56. The number of hydrogen-bond acceptors (Lipinski definition) is 3. The highest BCUT2D eigenvalue weighted by molar-refractivity contribution is 5.92. The molecule has 0 heterocycles. The molecule has 1 saturated carbocycles. The molecule has 0 bridgehead atoms. The highest BCUT2D eigenvalue weighted by atomic mass is 16.5. The minimum atomic E-state index is 0.464. The Hall–Kier alpha value is -1.75. The van der Waals surface area contributed by atoms with Gasteiger partial charge in [0.15, 0.2) is 5.96 Å². The largest absolute Gasteiger partial charge is 0.497 e. The van der Waals surface area contributed by atoms with Crippen LogP contribution in [0.15, 0.2) is 29.3 Å². The van der Waals surface area contributed by atoms with Gasteiger partial charge in [-0.05, 0) is 57.1 Å². The Bertz CT molecular complexity index is 492. The molecule has 5 nitrogen and oxygen atoms in total. The molecule has 0 saturated heterocycles. The van der Waals surface area contributed by atoms with Gasteiger partial charge in [-0.25, -0.2) is 0 Å². The van der Waals surface area contributed by atoms with E-state index in [0.717, 1.165) is 23.9 Å². The minimum Gasteiger partial charge on any atom is -0.497 e. The molecule has 3 N–H and O–H groups in total. The van der Waals surface area contributed by atoms with Crippen LogP contribution in [0.2, 0.25) is 0 Å². The van der Waals surface area contributed by atoms with Gasteiger partial charge in [0, 0.05) is 11.7 Å². The summed E-state index contributed by atoms with van der Waals surface area (Å²) in [7, 11) is 5.94. The molecule has 1 aliphatic rings. The molecule has 0 aromatic heterocycles. The summed E-state index contributed by atoms with van der Waals surface area (Å²) in [5.74, 6) is 2.03. The fourth-order valence-corrected chi connectivity index (χ4v) is 3.31. The summed E-state index contributed by atoms with van der Waals surface area (Å²) in [5.41, 5.74) is 6.97. The Morgan fingerprint density at radius 1 is 1.26 bits per heavy atom. The third kappa shape index (κ3) is 5.43. The number of hydrogen-bond donors (Lipinski definition) is 2. The quantitative estimate of drug-likeness (QED) is 0.625. The predicted octanol–water partition coefficient (Wildman–Crippen LogP) is 2.93. The van der Waals surface area contributed by atoms with E-state index in [-0.39, 0.29) is 0 Å². The lowest BCUT2D eigenvalue weighted by atomic mass is 9.83. The van der Waals surface area contributed by atoms with Crippen LogP contribution in [-0.2, 0) is 0 Å². The van der Waals surface area contributed by atoms with E-state index in [1.54, 1.807) is 7.11 Å². The summed E-state index contributed by atoms with van der Waals surface area (Å²) < 4.78 is 5.15. The highest BCUT2D eigenvalue weighted by Gasteiger charge is 2.24. The summed E-state index contributed by atoms with van der Waals surface area (Å²) in [6.45, 7) is 0.743. The maximum Gasteiger partial charge on any atom is 0.193 e. The molecular formula is C18H30N4O. The lowest BCUT2D eigenvalue weighted by Crippen LogP contribution is -2.39. The first kappa shape index (κ1) is 17.6. The Balaban J connectivity index is 1.92. The van der Waals surface area contributed by atoms with Crippen molar-refractivity contribution in [3.63, 3.8) is 0 Å². The first-order valence-electron chi connectivity index (χ1n) is 8.47. The predicted molar refractivity (Wildman–Crippen MR) is 97.2 cm³/mol. The van der Waals surface area contributed by atoms with Crippen molar-refractivity contribution in [3.8, 4) is 5.75 Å². The van der Waals surface area contributed by atoms with Crippen molar-refractivity contribution in [1.29, 1.82) is 0 Å². The Kier molecular flexibility index (Phi) is 6.71. The van der Waals surface area contributed by atoms with Crippen LogP contribution >= 0.6 is 0 Å². The van der Waals surface area contributed by atoms with Crippen LogP contribution in [-0.4, -0.2) is 44.7 Å². The second-order valence-electron chi connectivity index (χ2n) is 6.51. The zero-order valence-corrected chi connectivity index (χ0v) is 14.6. The first-order valence-corrected chi connectivity index (χ1v) is 8.47. The second-order valence-corrected chi connectivity index (χ2v) is 6.51. The number of nitrogens with zero attached hydrogens (tertiary/aromatic N) is 2. The number of aliphatic imine (C=N–C) groups is 1.